The summed E-state index contributed by atoms with van der Waals surface area (Å²) >= 11 is 0. The molecule has 0 aliphatic rings. The number of imidazole rings is 1. The second-order valence-corrected chi connectivity index (χ2v) is 8.20. The van der Waals surface area contributed by atoms with Gasteiger partial charge in [0.25, 0.3) is 10.0 Å². The molecule has 0 unspecified atom stereocenters. The number of fused-ring (bicyclic) bond motifs is 1. The van der Waals surface area contributed by atoms with Crippen LogP contribution in [0.5, 0.6) is 5.75 Å². The molecule has 0 amide bonds. The second-order valence-electron chi connectivity index (χ2n) is 6.23. The number of sulfonamides is 1. The third-order valence-corrected chi connectivity index (χ3v) is 6.33. The summed E-state index contributed by atoms with van der Waals surface area (Å²) in [6.45, 7) is 0. The molecular formula is C21H19N3O3S. The Morgan fingerprint density at radius 2 is 1.61 bits per heavy atom. The molecule has 6 nitrogen and oxygen atoms in total. The van der Waals surface area contributed by atoms with E-state index in [9.17, 15) is 8.42 Å². The highest BCUT2D eigenvalue weighted by atomic mass is 32.2. The molecule has 0 spiro atoms. The van der Waals surface area contributed by atoms with E-state index >= 15 is 0 Å². The van der Waals surface area contributed by atoms with Gasteiger partial charge in [0.05, 0.1) is 12.0 Å². The highest BCUT2D eigenvalue weighted by Crippen LogP contribution is 2.34. The zero-order chi connectivity index (χ0) is 19.7. The van der Waals surface area contributed by atoms with Crippen molar-refractivity contribution in [2.45, 2.75) is 4.90 Å². The first-order valence-corrected chi connectivity index (χ1v) is 10.1. The molecule has 2 aromatic carbocycles. The summed E-state index contributed by atoms with van der Waals surface area (Å²) in [4.78, 5) is 4.86. The van der Waals surface area contributed by atoms with Crippen LogP contribution in [-0.4, -0.2) is 32.0 Å². The lowest BCUT2D eigenvalue weighted by molar-refractivity contribution is 0.414. The van der Waals surface area contributed by atoms with E-state index in [-0.39, 0.29) is 4.90 Å². The van der Waals surface area contributed by atoms with Gasteiger partial charge in [0.1, 0.15) is 17.1 Å². The van der Waals surface area contributed by atoms with Crippen LogP contribution < -0.4 is 9.04 Å². The molecular weight excluding hydrogens is 374 g/mol. The smallest absolute Gasteiger partial charge is 0.265 e. The highest BCUT2D eigenvalue weighted by Gasteiger charge is 2.27. The van der Waals surface area contributed by atoms with Gasteiger partial charge in [-0.15, -0.1) is 0 Å². The minimum atomic E-state index is -3.79. The van der Waals surface area contributed by atoms with Gasteiger partial charge in [0.2, 0.25) is 0 Å². The minimum absolute atomic E-state index is 0.181. The predicted octanol–water partition coefficient (Wildman–Crippen LogP) is 3.84. The van der Waals surface area contributed by atoms with Gasteiger partial charge >= 0.3 is 0 Å². The fourth-order valence-corrected chi connectivity index (χ4v) is 4.29. The first-order chi connectivity index (χ1) is 13.5. The summed E-state index contributed by atoms with van der Waals surface area (Å²) in [5, 5.41) is 0. The molecule has 0 saturated carbocycles. The number of hydrogen-bond acceptors (Lipinski definition) is 4. The van der Waals surface area contributed by atoms with Crippen LogP contribution in [0.1, 0.15) is 0 Å². The van der Waals surface area contributed by atoms with Crippen LogP contribution in [0, 0.1) is 0 Å². The van der Waals surface area contributed by atoms with Crippen molar-refractivity contribution >= 4 is 21.5 Å². The maximum atomic E-state index is 13.3. The number of nitrogens with zero attached hydrogens (tertiary/aromatic N) is 3. The van der Waals surface area contributed by atoms with Crippen molar-refractivity contribution in [3.8, 4) is 17.0 Å². The number of hydrogen-bond donors (Lipinski definition) is 0. The van der Waals surface area contributed by atoms with Crippen molar-refractivity contribution in [2.75, 3.05) is 18.5 Å². The molecule has 4 rings (SSSR count). The van der Waals surface area contributed by atoms with E-state index in [0.29, 0.717) is 22.9 Å². The number of aromatic nitrogens is 2. The topological polar surface area (TPSA) is 63.9 Å². The lowest BCUT2D eigenvalue weighted by Gasteiger charge is -2.20. The summed E-state index contributed by atoms with van der Waals surface area (Å²) < 4.78 is 34.8. The van der Waals surface area contributed by atoms with Crippen molar-refractivity contribution in [3.05, 3.63) is 79.0 Å². The Morgan fingerprint density at radius 3 is 2.29 bits per heavy atom. The van der Waals surface area contributed by atoms with Crippen LogP contribution in [0.4, 0.5) is 5.82 Å². The van der Waals surface area contributed by atoms with Crippen LogP contribution in [0.3, 0.4) is 0 Å². The van der Waals surface area contributed by atoms with Crippen molar-refractivity contribution in [2.24, 2.45) is 0 Å². The molecule has 28 heavy (non-hydrogen) atoms. The molecule has 0 aliphatic carbocycles. The number of anilines is 1. The predicted molar refractivity (Wildman–Crippen MR) is 109 cm³/mol. The third kappa shape index (κ3) is 2.99. The highest BCUT2D eigenvalue weighted by molar-refractivity contribution is 7.92. The van der Waals surface area contributed by atoms with E-state index in [1.54, 1.807) is 30.7 Å². The van der Waals surface area contributed by atoms with Gasteiger partial charge in [-0.25, -0.2) is 13.4 Å². The van der Waals surface area contributed by atoms with Gasteiger partial charge in [-0.1, -0.05) is 36.4 Å². The van der Waals surface area contributed by atoms with Crippen LogP contribution in [-0.2, 0) is 10.0 Å². The number of ether oxygens (including phenoxy) is 1. The first-order valence-electron chi connectivity index (χ1n) is 8.68. The van der Waals surface area contributed by atoms with Crippen LogP contribution in [0.25, 0.3) is 16.9 Å². The first kappa shape index (κ1) is 18.1. The Balaban J connectivity index is 1.89. The van der Waals surface area contributed by atoms with Gasteiger partial charge in [-0.3, -0.25) is 8.71 Å². The quantitative estimate of drug-likeness (QED) is 0.517. The molecule has 7 heteroatoms. The maximum Gasteiger partial charge on any atom is 0.265 e. The van der Waals surface area contributed by atoms with Crippen molar-refractivity contribution in [3.63, 3.8) is 0 Å². The lowest BCUT2D eigenvalue weighted by Crippen LogP contribution is -2.28. The lowest BCUT2D eigenvalue weighted by atomic mass is 10.1. The Labute approximate surface area is 163 Å². The Bertz CT molecular complexity index is 1220. The summed E-state index contributed by atoms with van der Waals surface area (Å²) in [5.74, 6) is 1.08. The van der Waals surface area contributed by atoms with Crippen molar-refractivity contribution < 1.29 is 13.2 Å². The molecule has 0 fully saturated rings. The molecule has 0 N–H and O–H groups in total. The summed E-state index contributed by atoms with van der Waals surface area (Å²) in [6.07, 6.45) is 1.81. The fraction of sp³-hybridized carbons (Fsp3) is 0.0952. The van der Waals surface area contributed by atoms with E-state index in [2.05, 4.69) is 4.98 Å². The van der Waals surface area contributed by atoms with Gasteiger partial charge in [-0.2, -0.15) is 0 Å². The zero-order valence-electron chi connectivity index (χ0n) is 15.5. The molecule has 0 radical (unpaired) electrons. The molecule has 0 saturated heterocycles. The fourth-order valence-electron chi connectivity index (χ4n) is 3.09. The van der Waals surface area contributed by atoms with Gasteiger partial charge in [0.15, 0.2) is 5.82 Å². The number of benzene rings is 2. The average molecular weight is 393 g/mol. The normalized spacial score (nSPS) is 11.5. The van der Waals surface area contributed by atoms with E-state index in [4.69, 9.17) is 4.74 Å². The molecule has 142 valence electrons. The zero-order valence-corrected chi connectivity index (χ0v) is 16.3. The second kappa shape index (κ2) is 7.01. The standard InChI is InChI=1S/C21H19N3O3S/c1-23(28(25,26)18-13-11-17(27-2)12-14-18)21-20(16-8-4-3-5-9-16)22-19-10-6-7-15-24(19)21/h3-15H,1-2H3. The molecule has 2 heterocycles. The largest absolute Gasteiger partial charge is 0.497 e. The summed E-state index contributed by atoms with van der Waals surface area (Å²) in [6, 6.07) is 21.5. The molecule has 0 atom stereocenters. The maximum absolute atomic E-state index is 13.3. The van der Waals surface area contributed by atoms with E-state index in [1.165, 1.54) is 16.4 Å². The molecule has 2 aromatic heterocycles. The van der Waals surface area contributed by atoms with E-state index in [0.717, 1.165) is 5.56 Å². The monoisotopic (exact) mass is 393 g/mol. The summed E-state index contributed by atoms with van der Waals surface area (Å²) in [7, 11) is -0.706. The SMILES string of the molecule is COc1ccc(S(=O)(=O)N(C)c2c(-c3ccccc3)nc3ccccn23)cc1. The third-order valence-electron chi connectivity index (χ3n) is 4.57. The number of rotatable bonds is 5. The van der Waals surface area contributed by atoms with Gasteiger partial charge in [0, 0.05) is 18.8 Å². The van der Waals surface area contributed by atoms with Crippen molar-refractivity contribution in [1.29, 1.82) is 0 Å². The van der Waals surface area contributed by atoms with Crippen LogP contribution in [0.15, 0.2) is 83.9 Å². The average Bonchev–Trinajstić information content (AvgIpc) is 3.13. The Morgan fingerprint density at radius 1 is 0.929 bits per heavy atom. The molecule has 0 aliphatic heterocycles. The van der Waals surface area contributed by atoms with Crippen LogP contribution in [0.2, 0.25) is 0 Å². The van der Waals surface area contributed by atoms with Gasteiger partial charge < -0.3 is 4.74 Å². The Hall–Kier alpha value is -3.32. The molecule has 4 aromatic rings. The van der Waals surface area contributed by atoms with Crippen LogP contribution >= 0.6 is 0 Å². The van der Waals surface area contributed by atoms with E-state index in [1.807, 2.05) is 54.7 Å². The Kier molecular flexibility index (Phi) is 4.52. The number of methoxy groups -OCH3 is 1. The van der Waals surface area contributed by atoms with Crippen molar-refractivity contribution in [1.82, 2.24) is 9.38 Å². The minimum Gasteiger partial charge on any atom is -0.497 e. The van der Waals surface area contributed by atoms with Gasteiger partial charge in [-0.05, 0) is 36.4 Å². The summed E-state index contributed by atoms with van der Waals surface area (Å²) in [5.41, 5.74) is 2.12. The molecule has 0 bridgehead atoms. The van der Waals surface area contributed by atoms with E-state index < -0.39 is 10.0 Å². The number of pyridine rings is 1.